The molecule has 248 valence electrons. The molecule has 7 rings (SSSR count). The van der Waals surface area contributed by atoms with Gasteiger partial charge in [0.05, 0.1) is 26.1 Å². The predicted molar refractivity (Wildman–Crippen MR) is 180 cm³/mol. The second kappa shape index (κ2) is 12.2. The first-order chi connectivity index (χ1) is 23.2. The van der Waals surface area contributed by atoms with Crippen LogP contribution in [0.25, 0.3) is 11.2 Å². The maximum atomic E-state index is 13.1. The Morgan fingerprint density at radius 3 is 2.17 bits per heavy atom. The van der Waals surface area contributed by atoms with E-state index in [2.05, 4.69) is 39.3 Å². The van der Waals surface area contributed by atoms with Crippen LogP contribution in [0.15, 0.2) is 90.0 Å². The number of nitrogens with one attached hydrogen (secondary N) is 2. The number of aromatic amines is 1. The van der Waals surface area contributed by atoms with Crippen molar-refractivity contribution in [3.63, 3.8) is 0 Å². The molecule has 3 aromatic carbocycles. The van der Waals surface area contributed by atoms with Gasteiger partial charge in [0, 0.05) is 11.8 Å². The summed E-state index contributed by atoms with van der Waals surface area (Å²) in [5.74, 6) is 1.00. The molecule has 0 bridgehead atoms. The van der Waals surface area contributed by atoms with Gasteiger partial charge in [-0.1, -0.05) is 75.4 Å². The molecule has 2 aromatic heterocycles. The summed E-state index contributed by atoms with van der Waals surface area (Å²) < 4.78 is 27.3. The van der Waals surface area contributed by atoms with Crippen molar-refractivity contribution in [3.05, 3.63) is 112 Å². The highest BCUT2D eigenvalue weighted by Crippen LogP contribution is 2.63. The molecular formula is C37H39N5O6. The summed E-state index contributed by atoms with van der Waals surface area (Å²) in [6.45, 7) is 5.66. The quantitative estimate of drug-likeness (QED) is 0.172. The third kappa shape index (κ3) is 5.23. The molecule has 1 saturated carbocycles. The van der Waals surface area contributed by atoms with Gasteiger partial charge in [0.15, 0.2) is 17.4 Å². The first kappa shape index (κ1) is 31.6. The van der Waals surface area contributed by atoms with E-state index >= 15 is 0 Å². The molecule has 2 aliphatic rings. The maximum absolute atomic E-state index is 13.1. The van der Waals surface area contributed by atoms with Crippen LogP contribution in [0.1, 0.15) is 56.5 Å². The number of hydrogen-bond acceptors (Lipinski definition) is 8. The van der Waals surface area contributed by atoms with Crippen LogP contribution >= 0.6 is 0 Å². The van der Waals surface area contributed by atoms with Gasteiger partial charge in [0.25, 0.3) is 5.56 Å². The lowest BCUT2D eigenvalue weighted by atomic mass is 9.79. The molecule has 5 aromatic rings. The predicted octanol–water partition coefficient (Wildman–Crippen LogP) is 5.81. The Bertz CT molecular complexity index is 1940. The van der Waals surface area contributed by atoms with Crippen molar-refractivity contribution in [2.45, 2.75) is 57.1 Å². The third-order valence-corrected chi connectivity index (χ3v) is 9.67. The number of ether oxygens (including phenoxy) is 4. The summed E-state index contributed by atoms with van der Waals surface area (Å²) in [5, 5.41) is 2.71. The topological polar surface area (TPSA) is 130 Å². The van der Waals surface area contributed by atoms with E-state index in [1.54, 1.807) is 39.0 Å². The summed E-state index contributed by atoms with van der Waals surface area (Å²) in [6.07, 6.45) is 2.03. The summed E-state index contributed by atoms with van der Waals surface area (Å²) in [7, 11) is 3.29. The highest BCUT2D eigenvalue weighted by molar-refractivity contribution is 5.91. The van der Waals surface area contributed by atoms with Crippen LogP contribution < -0.4 is 20.3 Å². The van der Waals surface area contributed by atoms with E-state index in [0.29, 0.717) is 5.65 Å². The van der Waals surface area contributed by atoms with Gasteiger partial charge < -0.3 is 18.9 Å². The smallest absolute Gasteiger partial charge is 0.280 e. The van der Waals surface area contributed by atoms with Crippen LogP contribution in [0.3, 0.4) is 0 Å². The number of carbonyl (C=O) groups excluding carboxylic acids is 1. The van der Waals surface area contributed by atoms with Crippen LogP contribution in [-0.4, -0.2) is 51.4 Å². The van der Waals surface area contributed by atoms with E-state index < -0.39 is 29.1 Å². The van der Waals surface area contributed by atoms with E-state index in [0.717, 1.165) is 41.0 Å². The minimum Gasteiger partial charge on any atom is -0.497 e. The van der Waals surface area contributed by atoms with Gasteiger partial charge in [-0.05, 0) is 53.8 Å². The zero-order valence-corrected chi connectivity index (χ0v) is 27.6. The van der Waals surface area contributed by atoms with Crippen molar-refractivity contribution in [2.75, 3.05) is 19.5 Å². The lowest BCUT2D eigenvalue weighted by Gasteiger charge is -2.40. The van der Waals surface area contributed by atoms with Gasteiger partial charge in [-0.3, -0.25) is 24.5 Å². The lowest BCUT2D eigenvalue weighted by Crippen LogP contribution is -2.40. The van der Waals surface area contributed by atoms with E-state index in [1.807, 2.05) is 66.7 Å². The van der Waals surface area contributed by atoms with Crippen LogP contribution in [0, 0.1) is 11.8 Å². The van der Waals surface area contributed by atoms with Gasteiger partial charge in [-0.2, -0.15) is 4.98 Å². The Labute approximate surface area is 278 Å². The van der Waals surface area contributed by atoms with Crippen LogP contribution in [0.4, 0.5) is 5.95 Å². The number of fused-ring (bicyclic) bond motifs is 2. The molecule has 3 heterocycles. The molecule has 0 unspecified atom stereocenters. The standard InChI is InChI=1S/C37H39N5O6/c1-6-36-20-28(36)30(34(48-36)42-21-38-29-31(42)39-35(41-33(29)44)40-32(43)22(2)3)47-37(23-10-8-7-9-11-23,24-12-16-26(45-4)17-13-24)25-14-18-27(46-5)19-15-25/h7-19,21-22,28,30,34H,6,20H2,1-5H3,(H2,39,40,41,43,44)/t28-,30+,34+,36-/m0/s1. The molecular weight excluding hydrogens is 610 g/mol. The number of aromatic nitrogens is 4. The van der Waals surface area contributed by atoms with Gasteiger partial charge >= 0.3 is 0 Å². The maximum Gasteiger partial charge on any atom is 0.280 e. The Morgan fingerprint density at radius 1 is 1.00 bits per heavy atom. The molecule has 2 fully saturated rings. The molecule has 1 aliphatic carbocycles. The number of methoxy groups -OCH3 is 2. The molecule has 4 atom stereocenters. The summed E-state index contributed by atoms with van der Waals surface area (Å²) in [5.41, 5.74) is 1.22. The molecule has 11 heteroatoms. The molecule has 0 radical (unpaired) electrons. The first-order valence-corrected chi connectivity index (χ1v) is 16.2. The van der Waals surface area contributed by atoms with E-state index in [-0.39, 0.29) is 29.2 Å². The summed E-state index contributed by atoms with van der Waals surface area (Å²) in [4.78, 5) is 37.3. The third-order valence-electron chi connectivity index (χ3n) is 9.67. The molecule has 1 amide bonds. The fourth-order valence-corrected chi connectivity index (χ4v) is 6.88. The van der Waals surface area contributed by atoms with E-state index in [9.17, 15) is 9.59 Å². The fraction of sp³-hybridized carbons (Fsp3) is 0.351. The van der Waals surface area contributed by atoms with Crippen molar-refractivity contribution in [2.24, 2.45) is 11.8 Å². The highest BCUT2D eigenvalue weighted by atomic mass is 16.6. The van der Waals surface area contributed by atoms with Crippen molar-refractivity contribution in [1.82, 2.24) is 19.5 Å². The molecule has 1 saturated heterocycles. The number of hydrogen-bond donors (Lipinski definition) is 2. The molecule has 48 heavy (non-hydrogen) atoms. The van der Waals surface area contributed by atoms with Gasteiger partial charge in [-0.15, -0.1) is 0 Å². The molecule has 11 nitrogen and oxygen atoms in total. The second-order valence-corrected chi connectivity index (χ2v) is 12.7. The number of imidazole rings is 1. The van der Waals surface area contributed by atoms with Gasteiger partial charge in [0.2, 0.25) is 11.9 Å². The Hall–Kier alpha value is -5.00. The SMILES string of the molecule is CC[C@]12C[C@H]1[C@@H](OC(c1ccccc1)(c1ccc(OC)cc1)c1ccc(OC)cc1)[C@H](n1cnc3c(=O)[nH]c(NC(=O)C(C)C)nc31)O2. The lowest BCUT2D eigenvalue weighted by molar-refractivity contribution is -0.133. The van der Waals surface area contributed by atoms with Crippen LogP contribution in [-0.2, 0) is 19.9 Å². The van der Waals surface area contributed by atoms with Crippen molar-refractivity contribution in [1.29, 1.82) is 0 Å². The molecule has 1 aliphatic heterocycles. The second-order valence-electron chi connectivity index (χ2n) is 12.7. The normalized spacial score (nSPS) is 21.7. The van der Waals surface area contributed by atoms with Gasteiger partial charge in [0.1, 0.15) is 23.2 Å². The number of H-pyrrole nitrogens is 1. The number of anilines is 1. The average Bonchev–Trinajstić information content (AvgIpc) is 3.52. The monoisotopic (exact) mass is 649 g/mol. The minimum absolute atomic E-state index is 0.0499. The van der Waals surface area contributed by atoms with Crippen LogP contribution in [0.5, 0.6) is 11.5 Å². The molecule has 2 N–H and O–H groups in total. The number of rotatable bonds is 11. The van der Waals surface area contributed by atoms with E-state index in [1.165, 1.54) is 0 Å². The average molecular weight is 650 g/mol. The zero-order valence-electron chi connectivity index (χ0n) is 27.6. The number of amides is 1. The summed E-state index contributed by atoms with van der Waals surface area (Å²) >= 11 is 0. The van der Waals surface area contributed by atoms with Crippen LogP contribution in [0.2, 0.25) is 0 Å². The number of benzene rings is 3. The highest BCUT2D eigenvalue weighted by Gasteiger charge is 2.68. The van der Waals surface area contributed by atoms with Crippen molar-refractivity contribution in [3.8, 4) is 11.5 Å². The van der Waals surface area contributed by atoms with E-state index in [4.69, 9.17) is 18.9 Å². The Balaban J connectivity index is 1.40. The largest absolute Gasteiger partial charge is 0.497 e. The zero-order chi connectivity index (χ0) is 33.6. The fourth-order valence-electron chi connectivity index (χ4n) is 6.88. The Morgan fingerprint density at radius 2 is 1.60 bits per heavy atom. The number of carbonyl (C=O) groups is 1. The summed E-state index contributed by atoms with van der Waals surface area (Å²) in [6, 6.07) is 26.0. The molecule has 0 spiro atoms. The van der Waals surface area contributed by atoms with Crippen molar-refractivity contribution < 1.29 is 23.7 Å². The first-order valence-electron chi connectivity index (χ1n) is 16.2. The van der Waals surface area contributed by atoms with Crippen molar-refractivity contribution >= 4 is 23.0 Å². The van der Waals surface area contributed by atoms with Gasteiger partial charge in [-0.25, -0.2) is 4.98 Å². The number of nitrogens with zero attached hydrogens (tertiary/aromatic N) is 3. The minimum atomic E-state index is -1.09. The Kier molecular flexibility index (Phi) is 8.04.